The lowest BCUT2D eigenvalue weighted by molar-refractivity contribution is 0.261. The van der Waals surface area contributed by atoms with E-state index in [1.165, 1.54) is 11.1 Å². The third kappa shape index (κ3) is 3.93. The zero-order valence-electron chi connectivity index (χ0n) is 12.1. The summed E-state index contributed by atoms with van der Waals surface area (Å²) < 4.78 is 0. The van der Waals surface area contributed by atoms with Crippen molar-refractivity contribution in [2.75, 3.05) is 13.6 Å². The first kappa shape index (κ1) is 13.8. The normalized spacial score (nSPS) is 11.8. The lowest BCUT2D eigenvalue weighted by atomic mass is 9.84. The van der Waals surface area contributed by atoms with Crippen molar-refractivity contribution in [3.05, 3.63) is 71.8 Å². The maximum absolute atomic E-state index is 2.39. The molecule has 0 saturated carbocycles. The van der Waals surface area contributed by atoms with Crippen molar-refractivity contribution in [1.29, 1.82) is 0 Å². The number of nitrogens with zero attached hydrogens (tertiary/aromatic N) is 1. The number of benzene rings is 2. The molecule has 0 fully saturated rings. The number of rotatable bonds is 5. The van der Waals surface area contributed by atoms with Crippen LogP contribution in [0.25, 0.3) is 0 Å². The second-order valence-electron chi connectivity index (χ2n) is 5.91. The molecule has 19 heavy (non-hydrogen) atoms. The van der Waals surface area contributed by atoms with Crippen LogP contribution in [0.15, 0.2) is 60.7 Å². The van der Waals surface area contributed by atoms with Crippen LogP contribution in [0.2, 0.25) is 0 Å². The molecule has 100 valence electrons. The maximum Gasteiger partial charge on any atom is 0.0231 e. The smallest absolute Gasteiger partial charge is 0.0231 e. The predicted octanol–water partition coefficient (Wildman–Crippen LogP) is 4.10. The van der Waals surface area contributed by atoms with E-state index in [-0.39, 0.29) is 5.41 Å². The van der Waals surface area contributed by atoms with Gasteiger partial charge in [-0.3, -0.25) is 0 Å². The van der Waals surface area contributed by atoms with Gasteiger partial charge in [0, 0.05) is 18.5 Å². The molecular weight excluding hydrogens is 230 g/mol. The van der Waals surface area contributed by atoms with E-state index in [1.807, 2.05) is 0 Å². The molecule has 0 heterocycles. The lowest BCUT2D eigenvalue weighted by Crippen LogP contribution is -2.34. The summed E-state index contributed by atoms with van der Waals surface area (Å²) in [4.78, 5) is 2.39. The summed E-state index contributed by atoms with van der Waals surface area (Å²) in [6.45, 7) is 6.66. The van der Waals surface area contributed by atoms with Crippen molar-refractivity contribution in [2.45, 2.75) is 25.8 Å². The van der Waals surface area contributed by atoms with Crippen LogP contribution in [0.3, 0.4) is 0 Å². The molecule has 0 unspecified atom stereocenters. The minimum atomic E-state index is 0.171. The van der Waals surface area contributed by atoms with Crippen LogP contribution < -0.4 is 0 Å². The summed E-state index contributed by atoms with van der Waals surface area (Å²) in [7, 11) is 2.19. The molecule has 0 amide bonds. The Bertz CT molecular complexity index is 488. The van der Waals surface area contributed by atoms with Crippen molar-refractivity contribution in [3.63, 3.8) is 0 Å². The molecule has 0 N–H and O–H groups in total. The molecule has 0 radical (unpaired) electrons. The summed E-state index contributed by atoms with van der Waals surface area (Å²) in [5.74, 6) is 0. The quantitative estimate of drug-likeness (QED) is 0.775. The Morgan fingerprint density at radius 3 is 1.95 bits per heavy atom. The van der Waals surface area contributed by atoms with Gasteiger partial charge in [0.25, 0.3) is 0 Å². The highest BCUT2D eigenvalue weighted by Crippen LogP contribution is 2.24. The number of hydrogen-bond acceptors (Lipinski definition) is 1. The molecule has 0 aromatic heterocycles. The summed E-state index contributed by atoms with van der Waals surface area (Å²) in [5, 5.41) is 0. The fraction of sp³-hybridized carbons (Fsp3) is 0.333. The highest BCUT2D eigenvalue weighted by molar-refractivity contribution is 5.24. The first-order valence-electron chi connectivity index (χ1n) is 6.86. The van der Waals surface area contributed by atoms with Gasteiger partial charge in [-0.2, -0.15) is 0 Å². The van der Waals surface area contributed by atoms with Crippen molar-refractivity contribution >= 4 is 0 Å². The number of hydrogen-bond donors (Lipinski definition) is 0. The molecule has 0 aliphatic heterocycles. The van der Waals surface area contributed by atoms with Gasteiger partial charge in [-0.1, -0.05) is 74.5 Å². The minimum absolute atomic E-state index is 0.171. The SMILES string of the molecule is CN(Cc1ccccc1)CC(C)(C)c1ccccc1. The van der Waals surface area contributed by atoms with Crippen LogP contribution in [0, 0.1) is 0 Å². The molecule has 2 rings (SSSR count). The van der Waals surface area contributed by atoms with Crippen molar-refractivity contribution < 1.29 is 0 Å². The average Bonchev–Trinajstić information content (AvgIpc) is 2.40. The van der Waals surface area contributed by atoms with Crippen LogP contribution in [-0.4, -0.2) is 18.5 Å². The predicted molar refractivity (Wildman–Crippen MR) is 82.2 cm³/mol. The van der Waals surface area contributed by atoms with E-state index in [1.54, 1.807) is 0 Å². The van der Waals surface area contributed by atoms with E-state index in [0.717, 1.165) is 13.1 Å². The second kappa shape index (κ2) is 6.03. The molecule has 0 spiro atoms. The Kier molecular flexibility index (Phi) is 4.39. The number of likely N-dealkylation sites (N-methyl/N-ethyl adjacent to an activating group) is 1. The van der Waals surface area contributed by atoms with Gasteiger partial charge in [0.1, 0.15) is 0 Å². The van der Waals surface area contributed by atoms with Gasteiger partial charge >= 0.3 is 0 Å². The monoisotopic (exact) mass is 253 g/mol. The first-order chi connectivity index (χ1) is 9.08. The van der Waals surface area contributed by atoms with E-state index >= 15 is 0 Å². The third-order valence-corrected chi connectivity index (χ3v) is 3.52. The zero-order chi connectivity index (χ0) is 13.7. The van der Waals surface area contributed by atoms with Gasteiger partial charge < -0.3 is 4.90 Å². The maximum atomic E-state index is 2.39. The van der Waals surface area contributed by atoms with Crippen molar-refractivity contribution in [2.24, 2.45) is 0 Å². The van der Waals surface area contributed by atoms with Crippen LogP contribution in [0.1, 0.15) is 25.0 Å². The van der Waals surface area contributed by atoms with Gasteiger partial charge in [0.05, 0.1) is 0 Å². The standard InChI is InChI=1S/C18H23N/c1-18(2,17-12-8-5-9-13-17)15-19(3)14-16-10-6-4-7-11-16/h4-13H,14-15H2,1-3H3. The molecular formula is C18H23N. The van der Waals surface area contributed by atoms with E-state index in [4.69, 9.17) is 0 Å². The Hall–Kier alpha value is -1.60. The van der Waals surface area contributed by atoms with Gasteiger partial charge in [-0.05, 0) is 18.2 Å². The Labute approximate surface area is 116 Å². The molecule has 0 bridgehead atoms. The van der Waals surface area contributed by atoms with E-state index < -0.39 is 0 Å². The molecule has 0 saturated heterocycles. The van der Waals surface area contributed by atoms with E-state index in [2.05, 4.69) is 86.5 Å². The van der Waals surface area contributed by atoms with Gasteiger partial charge in [0.15, 0.2) is 0 Å². The Morgan fingerprint density at radius 1 is 0.842 bits per heavy atom. The topological polar surface area (TPSA) is 3.24 Å². The van der Waals surface area contributed by atoms with Crippen LogP contribution >= 0.6 is 0 Å². The fourth-order valence-electron chi connectivity index (χ4n) is 2.61. The summed E-state index contributed by atoms with van der Waals surface area (Å²) in [6, 6.07) is 21.4. The van der Waals surface area contributed by atoms with Crippen LogP contribution in [0.4, 0.5) is 0 Å². The van der Waals surface area contributed by atoms with E-state index in [9.17, 15) is 0 Å². The lowest BCUT2D eigenvalue weighted by Gasteiger charge is -2.31. The summed E-state index contributed by atoms with van der Waals surface area (Å²) in [6.07, 6.45) is 0. The molecule has 0 atom stereocenters. The summed E-state index contributed by atoms with van der Waals surface area (Å²) in [5.41, 5.74) is 2.94. The Balaban J connectivity index is 2.00. The van der Waals surface area contributed by atoms with Crippen molar-refractivity contribution in [1.82, 2.24) is 4.90 Å². The Morgan fingerprint density at radius 2 is 1.37 bits per heavy atom. The molecule has 1 nitrogen and oxygen atoms in total. The largest absolute Gasteiger partial charge is 0.301 e. The first-order valence-corrected chi connectivity index (χ1v) is 6.86. The van der Waals surface area contributed by atoms with Crippen LogP contribution in [-0.2, 0) is 12.0 Å². The molecule has 1 heteroatoms. The highest BCUT2D eigenvalue weighted by atomic mass is 15.1. The molecule has 0 aliphatic rings. The highest BCUT2D eigenvalue weighted by Gasteiger charge is 2.22. The van der Waals surface area contributed by atoms with Gasteiger partial charge in [0.2, 0.25) is 0 Å². The third-order valence-electron chi connectivity index (χ3n) is 3.52. The van der Waals surface area contributed by atoms with Gasteiger partial charge in [-0.15, -0.1) is 0 Å². The summed E-state index contributed by atoms with van der Waals surface area (Å²) >= 11 is 0. The average molecular weight is 253 g/mol. The minimum Gasteiger partial charge on any atom is -0.301 e. The van der Waals surface area contributed by atoms with Crippen LogP contribution in [0.5, 0.6) is 0 Å². The zero-order valence-corrected chi connectivity index (χ0v) is 12.1. The molecule has 2 aromatic carbocycles. The second-order valence-corrected chi connectivity index (χ2v) is 5.91. The van der Waals surface area contributed by atoms with Crippen molar-refractivity contribution in [3.8, 4) is 0 Å². The fourth-order valence-corrected chi connectivity index (χ4v) is 2.61. The van der Waals surface area contributed by atoms with E-state index in [0.29, 0.717) is 0 Å². The van der Waals surface area contributed by atoms with Gasteiger partial charge in [-0.25, -0.2) is 0 Å². The molecule has 2 aromatic rings. The molecule has 0 aliphatic carbocycles.